The Bertz CT molecular complexity index is 747. The van der Waals surface area contributed by atoms with Gasteiger partial charge in [-0.15, -0.1) is 0 Å². The third-order valence-electron chi connectivity index (χ3n) is 3.00. The normalized spacial score (nSPS) is 10.3. The van der Waals surface area contributed by atoms with Crippen molar-refractivity contribution >= 4 is 23.5 Å². The van der Waals surface area contributed by atoms with E-state index in [0.29, 0.717) is 17.3 Å². The minimum Gasteiger partial charge on any atom is -0.504 e. The molecule has 1 aromatic heterocycles. The van der Waals surface area contributed by atoms with Gasteiger partial charge in [-0.1, -0.05) is 23.7 Å². The van der Waals surface area contributed by atoms with E-state index in [9.17, 15) is 14.7 Å². The lowest BCUT2D eigenvalue weighted by atomic mass is 10.1. The zero-order valence-electron chi connectivity index (χ0n) is 12.2. The first-order valence-electron chi connectivity index (χ1n) is 6.67. The number of aromatic hydroxyl groups is 1. The zero-order chi connectivity index (χ0) is 17.0. The van der Waals surface area contributed by atoms with E-state index in [-0.39, 0.29) is 17.1 Å². The van der Waals surface area contributed by atoms with Gasteiger partial charge >= 0.3 is 5.97 Å². The standard InChI is InChI=1S/C15H14ClN3O4/c1-8-14(22)13(15(23)17-7-12(20)21)19-11(18-8)6-9-2-4-10(16)5-3-9/h2-5,22H,6-7H2,1H3,(H,17,23)(H,20,21). The van der Waals surface area contributed by atoms with E-state index in [1.165, 1.54) is 6.92 Å². The fourth-order valence-corrected chi connectivity index (χ4v) is 2.01. The molecule has 1 amide bonds. The largest absolute Gasteiger partial charge is 0.504 e. The molecular weight excluding hydrogens is 322 g/mol. The van der Waals surface area contributed by atoms with E-state index in [2.05, 4.69) is 15.3 Å². The molecule has 1 aromatic carbocycles. The number of carboxylic acids is 1. The molecule has 0 fully saturated rings. The van der Waals surface area contributed by atoms with E-state index in [1.807, 2.05) is 0 Å². The van der Waals surface area contributed by atoms with Crippen LogP contribution in [-0.4, -0.2) is 38.6 Å². The van der Waals surface area contributed by atoms with Crippen LogP contribution in [0.5, 0.6) is 5.75 Å². The first kappa shape index (κ1) is 16.7. The van der Waals surface area contributed by atoms with Crippen molar-refractivity contribution in [1.29, 1.82) is 0 Å². The second-order valence-electron chi connectivity index (χ2n) is 4.80. The number of hydrogen-bond acceptors (Lipinski definition) is 5. The number of aliphatic carboxylic acids is 1. The van der Waals surface area contributed by atoms with Gasteiger partial charge in [0.1, 0.15) is 12.4 Å². The van der Waals surface area contributed by atoms with Gasteiger partial charge in [0.25, 0.3) is 5.91 Å². The number of carboxylic acid groups (broad SMARTS) is 1. The first-order chi connectivity index (χ1) is 10.9. The van der Waals surface area contributed by atoms with Gasteiger partial charge in [-0.25, -0.2) is 9.97 Å². The molecule has 2 rings (SSSR count). The summed E-state index contributed by atoms with van der Waals surface area (Å²) in [7, 11) is 0. The van der Waals surface area contributed by atoms with E-state index in [1.54, 1.807) is 24.3 Å². The number of nitrogens with zero attached hydrogens (tertiary/aromatic N) is 2. The summed E-state index contributed by atoms with van der Waals surface area (Å²) < 4.78 is 0. The summed E-state index contributed by atoms with van der Waals surface area (Å²) in [4.78, 5) is 30.6. The predicted molar refractivity (Wildman–Crippen MR) is 82.7 cm³/mol. The lowest BCUT2D eigenvalue weighted by Crippen LogP contribution is -2.30. The van der Waals surface area contributed by atoms with Crippen LogP contribution in [0.1, 0.15) is 27.6 Å². The fourth-order valence-electron chi connectivity index (χ4n) is 1.89. The minimum absolute atomic E-state index is 0.240. The van der Waals surface area contributed by atoms with Crippen molar-refractivity contribution in [2.45, 2.75) is 13.3 Å². The number of nitrogens with one attached hydrogen (secondary N) is 1. The molecule has 0 spiro atoms. The minimum atomic E-state index is -1.19. The van der Waals surface area contributed by atoms with E-state index >= 15 is 0 Å². The van der Waals surface area contributed by atoms with E-state index < -0.39 is 18.4 Å². The Balaban J connectivity index is 2.26. The Morgan fingerprint density at radius 2 is 1.87 bits per heavy atom. The number of halogens is 1. The van der Waals surface area contributed by atoms with Crippen LogP contribution in [-0.2, 0) is 11.2 Å². The molecule has 23 heavy (non-hydrogen) atoms. The maximum absolute atomic E-state index is 11.9. The summed E-state index contributed by atoms with van der Waals surface area (Å²) in [5.74, 6) is -1.99. The van der Waals surface area contributed by atoms with Crippen LogP contribution in [0.25, 0.3) is 0 Å². The highest BCUT2D eigenvalue weighted by molar-refractivity contribution is 6.30. The highest BCUT2D eigenvalue weighted by atomic mass is 35.5. The van der Waals surface area contributed by atoms with Crippen molar-refractivity contribution in [2.75, 3.05) is 6.54 Å². The van der Waals surface area contributed by atoms with Crippen LogP contribution in [0.15, 0.2) is 24.3 Å². The summed E-state index contributed by atoms with van der Waals surface area (Å²) in [6, 6.07) is 7.06. The second-order valence-corrected chi connectivity index (χ2v) is 5.24. The molecule has 7 nitrogen and oxygen atoms in total. The molecule has 0 radical (unpaired) electrons. The Labute approximate surface area is 137 Å². The zero-order valence-corrected chi connectivity index (χ0v) is 13.0. The average molecular weight is 336 g/mol. The molecule has 0 aliphatic heterocycles. The van der Waals surface area contributed by atoms with Gasteiger partial charge in [-0.05, 0) is 24.6 Å². The van der Waals surface area contributed by atoms with Crippen molar-refractivity contribution in [2.24, 2.45) is 0 Å². The van der Waals surface area contributed by atoms with Crippen molar-refractivity contribution in [3.8, 4) is 5.75 Å². The maximum atomic E-state index is 11.9. The van der Waals surface area contributed by atoms with Gasteiger partial charge < -0.3 is 15.5 Å². The van der Waals surface area contributed by atoms with Crippen LogP contribution in [0.3, 0.4) is 0 Å². The van der Waals surface area contributed by atoms with E-state index in [0.717, 1.165) is 5.56 Å². The first-order valence-corrected chi connectivity index (χ1v) is 7.05. The number of aromatic nitrogens is 2. The van der Waals surface area contributed by atoms with Crippen molar-refractivity contribution in [3.63, 3.8) is 0 Å². The number of amides is 1. The van der Waals surface area contributed by atoms with E-state index in [4.69, 9.17) is 16.7 Å². The highest BCUT2D eigenvalue weighted by Gasteiger charge is 2.18. The van der Waals surface area contributed by atoms with Gasteiger partial charge in [0, 0.05) is 11.4 Å². The molecule has 0 unspecified atom stereocenters. The number of carbonyl (C=O) groups is 2. The fraction of sp³-hybridized carbons (Fsp3) is 0.200. The predicted octanol–water partition coefficient (Wildman–Crippen LogP) is 1.55. The molecule has 0 aliphatic rings. The smallest absolute Gasteiger partial charge is 0.322 e. The Morgan fingerprint density at radius 1 is 1.22 bits per heavy atom. The second kappa shape index (κ2) is 7.06. The summed E-state index contributed by atoms with van der Waals surface area (Å²) in [6.07, 6.45) is 0.345. The Hall–Kier alpha value is -2.67. The van der Waals surface area contributed by atoms with Crippen LogP contribution < -0.4 is 5.32 Å². The summed E-state index contributed by atoms with van der Waals surface area (Å²) in [5, 5.41) is 21.3. The van der Waals surface area contributed by atoms with Crippen molar-refractivity contribution in [1.82, 2.24) is 15.3 Å². The number of benzene rings is 1. The number of aryl methyl sites for hydroxylation is 1. The number of hydrogen-bond donors (Lipinski definition) is 3. The molecular formula is C15H14ClN3O4. The van der Waals surface area contributed by atoms with Gasteiger partial charge in [0.15, 0.2) is 11.4 Å². The Morgan fingerprint density at radius 3 is 2.48 bits per heavy atom. The van der Waals surface area contributed by atoms with Crippen molar-refractivity contribution < 1.29 is 19.8 Å². The lowest BCUT2D eigenvalue weighted by Gasteiger charge is -2.09. The molecule has 0 saturated carbocycles. The topological polar surface area (TPSA) is 112 Å². The third-order valence-corrected chi connectivity index (χ3v) is 3.25. The van der Waals surface area contributed by atoms with Gasteiger partial charge in [-0.2, -0.15) is 0 Å². The van der Waals surface area contributed by atoms with Crippen LogP contribution in [0, 0.1) is 6.92 Å². The Kier molecular flexibility index (Phi) is 5.13. The SMILES string of the molecule is Cc1nc(Cc2ccc(Cl)cc2)nc(C(=O)NCC(=O)O)c1O. The van der Waals surface area contributed by atoms with Crippen LogP contribution in [0.2, 0.25) is 5.02 Å². The molecule has 0 atom stereocenters. The van der Waals surface area contributed by atoms with Crippen LogP contribution >= 0.6 is 11.6 Å². The maximum Gasteiger partial charge on any atom is 0.322 e. The monoisotopic (exact) mass is 335 g/mol. The van der Waals surface area contributed by atoms with Gasteiger partial charge in [0.2, 0.25) is 0 Å². The molecule has 1 heterocycles. The molecule has 120 valence electrons. The van der Waals surface area contributed by atoms with Crippen LogP contribution in [0.4, 0.5) is 0 Å². The van der Waals surface area contributed by atoms with Gasteiger partial charge in [0.05, 0.1) is 5.69 Å². The molecule has 0 saturated heterocycles. The van der Waals surface area contributed by atoms with Crippen molar-refractivity contribution in [3.05, 3.63) is 52.1 Å². The third kappa shape index (κ3) is 4.40. The quantitative estimate of drug-likeness (QED) is 0.764. The molecule has 8 heteroatoms. The molecule has 0 bridgehead atoms. The lowest BCUT2D eigenvalue weighted by molar-refractivity contribution is -0.135. The summed E-state index contributed by atoms with van der Waals surface area (Å²) in [6.45, 7) is 0.976. The number of carbonyl (C=O) groups excluding carboxylic acids is 1. The summed E-state index contributed by atoms with van der Waals surface area (Å²) in [5.41, 5.74) is 0.878. The summed E-state index contributed by atoms with van der Waals surface area (Å²) >= 11 is 5.82. The molecule has 3 N–H and O–H groups in total. The highest BCUT2D eigenvalue weighted by Crippen LogP contribution is 2.20. The number of rotatable bonds is 5. The van der Waals surface area contributed by atoms with Gasteiger partial charge in [-0.3, -0.25) is 9.59 Å². The average Bonchev–Trinajstić information content (AvgIpc) is 2.50. The molecule has 2 aromatic rings. The molecule has 0 aliphatic carbocycles.